The van der Waals surface area contributed by atoms with Gasteiger partial charge in [-0.05, 0) is 59.0 Å². The molecule has 6 heteroatoms. The normalized spacial score (nSPS) is 16.5. The maximum Gasteiger partial charge on any atom is 0.295 e. The van der Waals surface area contributed by atoms with Gasteiger partial charge in [0.2, 0.25) is 0 Å². The van der Waals surface area contributed by atoms with E-state index < -0.39 is 17.7 Å². The van der Waals surface area contributed by atoms with Crippen LogP contribution in [0.1, 0.15) is 22.7 Å². The highest BCUT2D eigenvalue weighted by Gasteiger charge is 2.45. The fraction of sp³-hybridized carbons (Fsp3) is 0.118. The molecule has 40 heavy (non-hydrogen) atoms. The van der Waals surface area contributed by atoms with E-state index in [1.165, 1.54) is 0 Å². The molecule has 1 saturated heterocycles. The molecular formula is C34H28N2O4. The minimum absolute atomic E-state index is 0.0848. The Morgan fingerprint density at radius 2 is 1.52 bits per heavy atom. The number of Topliss-reactive ketones (excluding diaryl/α,β-unsaturated/α-hetero) is 1. The summed E-state index contributed by atoms with van der Waals surface area (Å²) in [6, 6.07) is 31.9. The summed E-state index contributed by atoms with van der Waals surface area (Å²) in [5, 5.41) is 12.5. The summed E-state index contributed by atoms with van der Waals surface area (Å²) in [6.07, 6.45) is 2.50. The number of hydrogen-bond acceptors (Lipinski definition) is 4. The molecule has 4 aromatic carbocycles. The molecule has 1 amide bonds. The third kappa shape index (κ3) is 4.54. The SMILES string of the molecule is COc1ccc(C(O)=C2C(=O)C(=O)N(CCc3c[nH]c4ccccc34)C2c2ccc(-c3ccccc3)cc2)cc1. The number of carbonyl (C=O) groups excluding carboxylic acids is 2. The minimum atomic E-state index is -0.725. The molecule has 0 aliphatic carbocycles. The third-order valence-electron chi connectivity index (χ3n) is 7.53. The standard InChI is InChI=1S/C34H28N2O4/c1-40-27-17-15-25(16-18-27)32(37)30-31(24-13-11-23(12-14-24)22-7-3-2-4-8-22)36(34(39)33(30)38)20-19-26-21-35-29-10-6-5-9-28(26)29/h2-18,21,31,35,37H,19-20H2,1H3. The number of rotatable bonds is 7. The van der Waals surface area contributed by atoms with Crippen LogP contribution in [0.15, 0.2) is 115 Å². The molecular weight excluding hydrogens is 500 g/mol. The molecule has 5 aromatic rings. The van der Waals surface area contributed by atoms with Crippen molar-refractivity contribution in [3.05, 3.63) is 132 Å². The monoisotopic (exact) mass is 528 g/mol. The second-order valence-corrected chi connectivity index (χ2v) is 9.82. The van der Waals surface area contributed by atoms with Crippen LogP contribution in [-0.4, -0.2) is 40.3 Å². The molecule has 0 spiro atoms. The molecule has 1 aliphatic rings. The van der Waals surface area contributed by atoms with E-state index >= 15 is 0 Å². The first-order chi connectivity index (χ1) is 19.5. The number of nitrogens with one attached hydrogen (secondary N) is 1. The molecule has 6 nitrogen and oxygen atoms in total. The van der Waals surface area contributed by atoms with Gasteiger partial charge in [-0.25, -0.2) is 0 Å². The lowest BCUT2D eigenvalue weighted by molar-refractivity contribution is -0.139. The molecule has 0 bridgehead atoms. The number of H-pyrrole nitrogens is 1. The number of ether oxygens (including phenoxy) is 1. The molecule has 0 saturated carbocycles. The second kappa shape index (κ2) is 10.6. The Kier molecular flexibility index (Phi) is 6.66. The van der Waals surface area contributed by atoms with Crippen molar-refractivity contribution in [1.29, 1.82) is 0 Å². The molecule has 1 fully saturated rings. The summed E-state index contributed by atoms with van der Waals surface area (Å²) in [5.74, 6) is -0.882. The van der Waals surface area contributed by atoms with Gasteiger partial charge in [-0.2, -0.15) is 0 Å². The van der Waals surface area contributed by atoms with Gasteiger partial charge in [0, 0.05) is 29.2 Å². The number of aliphatic hydroxyl groups is 1. The fourth-order valence-corrected chi connectivity index (χ4v) is 5.43. The predicted molar refractivity (Wildman–Crippen MR) is 156 cm³/mol. The van der Waals surface area contributed by atoms with Gasteiger partial charge in [-0.1, -0.05) is 72.8 Å². The van der Waals surface area contributed by atoms with Crippen molar-refractivity contribution in [1.82, 2.24) is 9.88 Å². The lowest BCUT2D eigenvalue weighted by atomic mass is 9.93. The second-order valence-electron chi connectivity index (χ2n) is 9.82. The molecule has 6 rings (SSSR count). The van der Waals surface area contributed by atoms with Crippen molar-refractivity contribution in [3.63, 3.8) is 0 Å². The Morgan fingerprint density at radius 1 is 0.850 bits per heavy atom. The molecule has 2 N–H and O–H groups in total. The summed E-state index contributed by atoms with van der Waals surface area (Å²) in [7, 11) is 1.56. The van der Waals surface area contributed by atoms with Gasteiger partial charge in [0.05, 0.1) is 18.7 Å². The Bertz CT molecular complexity index is 1720. The zero-order chi connectivity index (χ0) is 27.6. The van der Waals surface area contributed by atoms with Gasteiger partial charge in [-0.3, -0.25) is 9.59 Å². The van der Waals surface area contributed by atoms with E-state index in [4.69, 9.17) is 4.74 Å². The molecule has 1 aromatic heterocycles. The fourth-order valence-electron chi connectivity index (χ4n) is 5.43. The third-order valence-corrected chi connectivity index (χ3v) is 7.53. The summed E-state index contributed by atoms with van der Waals surface area (Å²) in [4.78, 5) is 31.8. The Labute approximate surface area is 232 Å². The predicted octanol–water partition coefficient (Wildman–Crippen LogP) is 6.51. The van der Waals surface area contributed by atoms with Crippen LogP contribution >= 0.6 is 0 Å². The number of aliphatic hydroxyl groups excluding tert-OH is 1. The largest absolute Gasteiger partial charge is 0.507 e. The van der Waals surface area contributed by atoms with Crippen molar-refractivity contribution in [2.45, 2.75) is 12.5 Å². The zero-order valence-corrected chi connectivity index (χ0v) is 22.0. The number of hydrogen-bond donors (Lipinski definition) is 2. The van der Waals surface area contributed by atoms with Crippen LogP contribution in [0, 0.1) is 0 Å². The zero-order valence-electron chi connectivity index (χ0n) is 22.0. The average molecular weight is 529 g/mol. The lowest BCUT2D eigenvalue weighted by Crippen LogP contribution is -2.31. The number of para-hydroxylation sites is 1. The number of benzene rings is 4. The van der Waals surface area contributed by atoms with E-state index in [1.54, 1.807) is 36.3 Å². The van der Waals surface area contributed by atoms with Gasteiger partial charge < -0.3 is 19.7 Å². The van der Waals surface area contributed by atoms with E-state index in [9.17, 15) is 14.7 Å². The molecule has 0 radical (unpaired) electrons. The lowest BCUT2D eigenvalue weighted by Gasteiger charge is -2.25. The number of carbonyl (C=O) groups is 2. The summed E-state index contributed by atoms with van der Waals surface area (Å²) < 4.78 is 5.24. The van der Waals surface area contributed by atoms with E-state index in [2.05, 4.69) is 4.98 Å². The smallest absolute Gasteiger partial charge is 0.295 e. The number of likely N-dealkylation sites (tertiary alicyclic amines) is 1. The molecule has 1 unspecified atom stereocenters. The van der Waals surface area contributed by atoms with Crippen LogP contribution in [0.25, 0.3) is 27.8 Å². The summed E-state index contributed by atoms with van der Waals surface area (Å²) in [5.41, 5.74) is 5.46. The first-order valence-electron chi connectivity index (χ1n) is 13.2. The van der Waals surface area contributed by atoms with E-state index in [-0.39, 0.29) is 11.3 Å². The number of methoxy groups -OCH3 is 1. The Hall–Kier alpha value is -5.10. The average Bonchev–Trinajstić information content (AvgIpc) is 3.54. The molecule has 1 aliphatic heterocycles. The highest BCUT2D eigenvalue weighted by atomic mass is 16.5. The highest BCUT2D eigenvalue weighted by molar-refractivity contribution is 6.46. The minimum Gasteiger partial charge on any atom is -0.507 e. The van der Waals surface area contributed by atoms with E-state index in [1.807, 2.05) is 85.1 Å². The van der Waals surface area contributed by atoms with Crippen LogP contribution in [0.2, 0.25) is 0 Å². The van der Waals surface area contributed by atoms with Crippen LogP contribution in [0.4, 0.5) is 0 Å². The van der Waals surface area contributed by atoms with Gasteiger partial charge in [0.15, 0.2) is 0 Å². The quantitative estimate of drug-likeness (QED) is 0.143. The molecule has 1 atom stereocenters. The summed E-state index contributed by atoms with van der Waals surface area (Å²) >= 11 is 0. The van der Waals surface area contributed by atoms with Crippen molar-refractivity contribution in [3.8, 4) is 16.9 Å². The molecule has 198 valence electrons. The first kappa shape index (κ1) is 25.2. The van der Waals surface area contributed by atoms with E-state index in [0.717, 1.165) is 33.2 Å². The molecule has 2 heterocycles. The number of ketones is 1. The van der Waals surface area contributed by atoms with Crippen molar-refractivity contribution < 1.29 is 19.4 Å². The number of amides is 1. The maximum absolute atomic E-state index is 13.5. The first-order valence-corrected chi connectivity index (χ1v) is 13.2. The topological polar surface area (TPSA) is 82.6 Å². The maximum atomic E-state index is 13.5. The van der Waals surface area contributed by atoms with Gasteiger partial charge >= 0.3 is 0 Å². The number of aromatic amines is 1. The van der Waals surface area contributed by atoms with Gasteiger partial charge in [0.25, 0.3) is 11.7 Å². The van der Waals surface area contributed by atoms with Crippen LogP contribution in [-0.2, 0) is 16.0 Å². The van der Waals surface area contributed by atoms with Crippen LogP contribution < -0.4 is 4.74 Å². The Balaban J connectivity index is 1.40. The van der Waals surface area contributed by atoms with Gasteiger partial charge in [0.1, 0.15) is 11.5 Å². The number of nitrogens with zero attached hydrogens (tertiary/aromatic N) is 1. The number of aromatic nitrogens is 1. The van der Waals surface area contributed by atoms with Crippen molar-refractivity contribution >= 4 is 28.4 Å². The van der Waals surface area contributed by atoms with Gasteiger partial charge in [-0.15, -0.1) is 0 Å². The summed E-state index contributed by atoms with van der Waals surface area (Å²) in [6.45, 7) is 0.316. The van der Waals surface area contributed by atoms with Crippen LogP contribution in [0.3, 0.4) is 0 Å². The van der Waals surface area contributed by atoms with Crippen LogP contribution in [0.5, 0.6) is 5.75 Å². The highest BCUT2D eigenvalue weighted by Crippen LogP contribution is 2.40. The van der Waals surface area contributed by atoms with E-state index in [0.29, 0.717) is 24.3 Å². The van der Waals surface area contributed by atoms with Crippen molar-refractivity contribution in [2.24, 2.45) is 0 Å². The van der Waals surface area contributed by atoms with Crippen molar-refractivity contribution in [2.75, 3.05) is 13.7 Å². The number of fused-ring (bicyclic) bond motifs is 1. The Morgan fingerprint density at radius 3 is 2.25 bits per heavy atom.